The zero-order chi connectivity index (χ0) is 22.1. The number of halogens is 2. The SMILES string of the molecule is CCNC(=NCc1cccc(NC(=O)N2CCCC2)c1)NCCc1ccc(F)cc1C.I. The number of hydrogen-bond acceptors (Lipinski definition) is 2. The van der Waals surface area contributed by atoms with Gasteiger partial charge in [0.25, 0.3) is 0 Å². The summed E-state index contributed by atoms with van der Waals surface area (Å²) in [5.74, 6) is 0.525. The molecule has 2 aromatic carbocycles. The molecular weight excluding hydrogens is 520 g/mol. The molecule has 32 heavy (non-hydrogen) atoms. The number of likely N-dealkylation sites (tertiary alicyclic amines) is 1. The predicted octanol–water partition coefficient (Wildman–Crippen LogP) is 4.68. The van der Waals surface area contributed by atoms with Crippen molar-refractivity contribution < 1.29 is 9.18 Å². The van der Waals surface area contributed by atoms with Gasteiger partial charge in [0.05, 0.1) is 6.54 Å². The number of carbonyl (C=O) groups excluding carboxylic acids is 1. The van der Waals surface area contributed by atoms with Gasteiger partial charge in [-0.1, -0.05) is 18.2 Å². The van der Waals surface area contributed by atoms with E-state index in [0.717, 1.165) is 67.2 Å². The number of aryl methyl sites for hydroxylation is 1. The monoisotopic (exact) mass is 553 g/mol. The van der Waals surface area contributed by atoms with Crippen molar-refractivity contribution in [2.75, 3.05) is 31.5 Å². The van der Waals surface area contributed by atoms with Crippen molar-refractivity contribution >= 4 is 41.7 Å². The minimum absolute atomic E-state index is 0. The number of hydrogen-bond donors (Lipinski definition) is 3. The maximum absolute atomic E-state index is 13.3. The molecule has 6 nitrogen and oxygen atoms in total. The first-order chi connectivity index (χ1) is 15.0. The normalized spacial score (nSPS) is 13.5. The largest absolute Gasteiger partial charge is 0.357 e. The molecule has 3 N–H and O–H groups in total. The summed E-state index contributed by atoms with van der Waals surface area (Å²) in [5.41, 5.74) is 3.88. The van der Waals surface area contributed by atoms with Crippen LogP contribution in [0.15, 0.2) is 47.5 Å². The summed E-state index contributed by atoms with van der Waals surface area (Å²) in [7, 11) is 0. The number of benzene rings is 2. The van der Waals surface area contributed by atoms with Gasteiger partial charge >= 0.3 is 6.03 Å². The molecule has 0 aliphatic carbocycles. The summed E-state index contributed by atoms with van der Waals surface area (Å²) in [5, 5.41) is 9.56. The Balaban J connectivity index is 0.00000363. The average Bonchev–Trinajstić information content (AvgIpc) is 3.29. The quantitative estimate of drug-likeness (QED) is 0.265. The lowest BCUT2D eigenvalue weighted by Gasteiger charge is -2.16. The Morgan fingerprint density at radius 3 is 2.62 bits per heavy atom. The van der Waals surface area contributed by atoms with Gasteiger partial charge in [0.15, 0.2) is 5.96 Å². The van der Waals surface area contributed by atoms with Crippen LogP contribution in [0.2, 0.25) is 0 Å². The fourth-order valence-electron chi connectivity index (χ4n) is 3.64. The van der Waals surface area contributed by atoms with Crippen LogP contribution >= 0.6 is 24.0 Å². The number of aliphatic imine (C=N–C) groups is 1. The van der Waals surface area contributed by atoms with Crippen LogP contribution in [0.5, 0.6) is 0 Å². The van der Waals surface area contributed by atoms with Crippen molar-refractivity contribution in [2.45, 2.75) is 39.7 Å². The number of rotatable bonds is 7. The van der Waals surface area contributed by atoms with E-state index in [0.29, 0.717) is 13.1 Å². The summed E-state index contributed by atoms with van der Waals surface area (Å²) in [4.78, 5) is 18.8. The molecule has 8 heteroatoms. The van der Waals surface area contributed by atoms with Crippen molar-refractivity contribution in [3.63, 3.8) is 0 Å². The molecule has 1 saturated heterocycles. The molecule has 1 aliphatic heterocycles. The molecule has 0 spiro atoms. The molecule has 0 bridgehead atoms. The third-order valence-electron chi connectivity index (χ3n) is 5.33. The lowest BCUT2D eigenvalue weighted by atomic mass is 10.1. The van der Waals surface area contributed by atoms with Gasteiger partial charge in [0.1, 0.15) is 5.82 Å². The summed E-state index contributed by atoms with van der Waals surface area (Å²) < 4.78 is 13.3. The van der Waals surface area contributed by atoms with Crippen LogP contribution in [-0.4, -0.2) is 43.1 Å². The van der Waals surface area contributed by atoms with Crippen LogP contribution in [0, 0.1) is 12.7 Å². The lowest BCUT2D eigenvalue weighted by molar-refractivity contribution is 0.222. The number of nitrogens with one attached hydrogen (secondary N) is 3. The van der Waals surface area contributed by atoms with Crippen LogP contribution < -0.4 is 16.0 Å². The van der Waals surface area contributed by atoms with E-state index in [9.17, 15) is 9.18 Å². The van der Waals surface area contributed by atoms with Gasteiger partial charge in [-0.15, -0.1) is 24.0 Å². The van der Waals surface area contributed by atoms with Crippen LogP contribution in [0.25, 0.3) is 0 Å². The number of amides is 2. The molecule has 1 fully saturated rings. The van der Waals surface area contributed by atoms with Crippen molar-refractivity contribution in [1.29, 1.82) is 0 Å². The Morgan fingerprint density at radius 2 is 1.91 bits per heavy atom. The van der Waals surface area contributed by atoms with E-state index >= 15 is 0 Å². The zero-order valence-corrected chi connectivity index (χ0v) is 21.1. The molecule has 2 aromatic rings. The van der Waals surface area contributed by atoms with Gasteiger partial charge in [-0.3, -0.25) is 0 Å². The van der Waals surface area contributed by atoms with Gasteiger partial charge in [0, 0.05) is 31.9 Å². The summed E-state index contributed by atoms with van der Waals surface area (Å²) in [6.45, 7) is 7.55. The molecule has 1 aliphatic rings. The Kier molecular flexibility index (Phi) is 10.7. The van der Waals surface area contributed by atoms with Gasteiger partial charge in [0.2, 0.25) is 0 Å². The highest BCUT2D eigenvalue weighted by Crippen LogP contribution is 2.15. The van der Waals surface area contributed by atoms with Gasteiger partial charge < -0.3 is 20.9 Å². The van der Waals surface area contributed by atoms with E-state index in [1.54, 1.807) is 6.07 Å². The molecule has 0 radical (unpaired) electrons. The third-order valence-corrected chi connectivity index (χ3v) is 5.33. The smallest absolute Gasteiger partial charge is 0.321 e. The second-order valence-electron chi connectivity index (χ2n) is 7.77. The van der Waals surface area contributed by atoms with Crippen LogP contribution in [0.1, 0.15) is 36.5 Å². The fraction of sp³-hybridized carbons (Fsp3) is 0.417. The fourth-order valence-corrected chi connectivity index (χ4v) is 3.64. The highest BCUT2D eigenvalue weighted by Gasteiger charge is 2.17. The molecule has 3 rings (SSSR count). The number of nitrogens with zero attached hydrogens (tertiary/aromatic N) is 2. The molecule has 0 aromatic heterocycles. The van der Waals surface area contributed by atoms with Crippen molar-refractivity contribution in [3.8, 4) is 0 Å². The summed E-state index contributed by atoms with van der Waals surface area (Å²) >= 11 is 0. The number of guanidine groups is 1. The first-order valence-corrected chi connectivity index (χ1v) is 11.0. The highest BCUT2D eigenvalue weighted by atomic mass is 127. The van der Waals surface area contributed by atoms with E-state index in [2.05, 4.69) is 20.9 Å². The Hall–Kier alpha value is -2.36. The topological polar surface area (TPSA) is 68.8 Å². The minimum Gasteiger partial charge on any atom is -0.357 e. The van der Waals surface area contributed by atoms with E-state index < -0.39 is 0 Å². The van der Waals surface area contributed by atoms with Crippen LogP contribution in [0.4, 0.5) is 14.9 Å². The number of anilines is 1. The second-order valence-corrected chi connectivity index (χ2v) is 7.77. The van der Waals surface area contributed by atoms with Crippen molar-refractivity contribution in [1.82, 2.24) is 15.5 Å². The van der Waals surface area contributed by atoms with E-state index in [4.69, 9.17) is 0 Å². The van der Waals surface area contributed by atoms with Crippen molar-refractivity contribution in [3.05, 3.63) is 65.0 Å². The summed E-state index contributed by atoms with van der Waals surface area (Å²) in [6.07, 6.45) is 2.93. The lowest BCUT2D eigenvalue weighted by Crippen LogP contribution is -2.38. The van der Waals surface area contributed by atoms with Gasteiger partial charge in [-0.05, 0) is 74.1 Å². The molecular formula is C24H33FIN5O. The standard InChI is InChI=1S/C24H32FN5O.HI/c1-3-26-23(27-12-11-20-9-10-21(25)15-18(20)2)28-17-19-7-6-8-22(16-19)29-24(31)30-13-4-5-14-30;/h6-10,15-16H,3-5,11-14,17H2,1-2H3,(H,29,31)(H2,26,27,28);1H. The zero-order valence-electron chi connectivity index (χ0n) is 18.8. The van der Waals surface area contributed by atoms with Gasteiger partial charge in [-0.2, -0.15) is 0 Å². The first-order valence-electron chi connectivity index (χ1n) is 11.0. The predicted molar refractivity (Wildman–Crippen MR) is 139 cm³/mol. The van der Waals surface area contributed by atoms with E-state index in [1.807, 2.05) is 49.1 Å². The highest BCUT2D eigenvalue weighted by molar-refractivity contribution is 14.0. The average molecular weight is 553 g/mol. The van der Waals surface area contributed by atoms with E-state index in [1.165, 1.54) is 6.07 Å². The van der Waals surface area contributed by atoms with Crippen molar-refractivity contribution in [2.24, 2.45) is 4.99 Å². The molecule has 2 amide bonds. The Labute approximate surface area is 207 Å². The number of carbonyl (C=O) groups is 1. The third kappa shape index (κ3) is 7.96. The second kappa shape index (κ2) is 13.2. The van der Waals surface area contributed by atoms with Crippen LogP contribution in [0.3, 0.4) is 0 Å². The molecule has 0 atom stereocenters. The maximum Gasteiger partial charge on any atom is 0.321 e. The summed E-state index contributed by atoms with van der Waals surface area (Å²) in [6, 6.07) is 12.6. The Bertz CT molecular complexity index is 915. The molecule has 1 heterocycles. The maximum atomic E-state index is 13.3. The Morgan fingerprint density at radius 1 is 1.12 bits per heavy atom. The molecule has 0 saturated carbocycles. The molecule has 0 unspecified atom stereocenters. The first kappa shape index (κ1) is 25.9. The van der Waals surface area contributed by atoms with Crippen LogP contribution in [-0.2, 0) is 13.0 Å². The minimum atomic E-state index is -0.206. The van der Waals surface area contributed by atoms with Gasteiger partial charge in [-0.25, -0.2) is 14.2 Å². The number of urea groups is 1. The molecule has 174 valence electrons. The van der Waals surface area contributed by atoms with E-state index in [-0.39, 0.29) is 35.8 Å².